The third-order valence-corrected chi connectivity index (χ3v) is 13.2. The van der Waals surface area contributed by atoms with Crippen LogP contribution in [0.15, 0.2) is 90.1 Å². The fourth-order valence-electron chi connectivity index (χ4n) is 7.97. The third kappa shape index (κ3) is 7.90. The van der Waals surface area contributed by atoms with E-state index in [1.165, 1.54) is 29.2 Å². The van der Waals surface area contributed by atoms with Crippen LogP contribution in [0.25, 0.3) is 11.1 Å². The molecule has 4 amide bonds. The first-order chi connectivity index (χ1) is 27.9. The number of non-ortho nitro benzene ring substituents is 1. The van der Waals surface area contributed by atoms with Gasteiger partial charge >= 0.3 is 6.09 Å². The van der Waals surface area contributed by atoms with Gasteiger partial charge in [0.25, 0.3) is 11.6 Å². The number of nitrogens with zero attached hydrogens (tertiary/aromatic N) is 3. The number of rotatable bonds is 8. The lowest BCUT2D eigenvalue weighted by Gasteiger charge is -2.29. The van der Waals surface area contributed by atoms with Crippen molar-refractivity contribution in [1.29, 1.82) is 0 Å². The molecule has 5 aliphatic rings. The first-order valence-corrected chi connectivity index (χ1v) is 21.0. The number of hydrogen-bond donors (Lipinski definition) is 3. The van der Waals surface area contributed by atoms with Gasteiger partial charge in [0.1, 0.15) is 35.2 Å². The van der Waals surface area contributed by atoms with Gasteiger partial charge < -0.3 is 25.1 Å². The Kier molecular flexibility index (Phi) is 10.5. The van der Waals surface area contributed by atoms with Crippen molar-refractivity contribution in [2.75, 3.05) is 6.54 Å². The number of allylic oxidation sites excluding steroid dienone is 1. The van der Waals surface area contributed by atoms with E-state index in [0.717, 1.165) is 28.7 Å². The smallest absolute Gasteiger partial charge is 0.410 e. The second-order valence-electron chi connectivity index (χ2n) is 15.4. The maximum atomic E-state index is 14.6. The topological polar surface area (TPSA) is 216 Å². The van der Waals surface area contributed by atoms with Crippen LogP contribution in [0.1, 0.15) is 68.9 Å². The summed E-state index contributed by atoms with van der Waals surface area (Å²) in [6.07, 6.45) is 5.84. The van der Waals surface area contributed by atoms with E-state index in [9.17, 15) is 37.7 Å². The molecule has 1 saturated heterocycles. The average Bonchev–Trinajstić information content (AvgIpc) is 4.12. The standard InChI is InChI=1S/C41H42N6O10S/c48-37-35-22-28(57-44-36-32-13-8-6-11-30(32)31-12-7-9-14-33(31)36)24-46(35)38(49)34(42-40(51)56-27-18-16-26(17-19-27)47(52)53)15-5-3-1-2-4-10-25-23-41(25,43-37)39(50)45-58(54,55)29-20-21-29/h4,6-14,16-19,25,28-29,34-35H,1-3,5,15,20-24H2,(H,42,51)(H,43,48)(H,45,50)/t25-,28-,34+,35+,41-/m1/s1. The van der Waals surface area contributed by atoms with E-state index in [-0.39, 0.29) is 37.2 Å². The molecule has 0 spiro atoms. The number of carbonyl (C=O) groups is 4. The molecule has 2 heterocycles. The second-order valence-corrected chi connectivity index (χ2v) is 17.3. The fraction of sp³-hybridized carbons (Fsp3) is 0.390. The predicted octanol–water partition coefficient (Wildman–Crippen LogP) is 4.47. The number of amides is 4. The van der Waals surface area contributed by atoms with Gasteiger partial charge in [0.2, 0.25) is 21.8 Å². The molecule has 58 heavy (non-hydrogen) atoms. The second kappa shape index (κ2) is 15.7. The summed E-state index contributed by atoms with van der Waals surface area (Å²) >= 11 is 0. The molecule has 3 aromatic rings. The molecule has 0 radical (unpaired) electrons. The highest BCUT2D eigenvalue weighted by Gasteiger charge is 2.62. The minimum Gasteiger partial charge on any atom is -0.410 e. The third-order valence-electron chi connectivity index (χ3n) is 11.3. The summed E-state index contributed by atoms with van der Waals surface area (Å²) in [5, 5.41) is 20.5. The van der Waals surface area contributed by atoms with E-state index < -0.39 is 73.7 Å². The lowest BCUT2D eigenvalue weighted by molar-refractivity contribution is -0.384. The number of carbonyl (C=O) groups excluding carboxylic acids is 4. The van der Waals surface area contributed by atoms with Gasteiger partial charge in [0, 0.05) is 35.6 Å². The van der Waals surface area contributed by atoms with Gasteiger partial charge in [-0.15, -0.1) is 0 Å². The van der Waals surface area contributed by atoms with Gasteiger partial charge in [0.15, 0.2) is 0 Å². The van der Waals surface area contributed by atoms with Crippen LogP contribution in [0.2, 0.25) is 0 Å². The average molecular weight is 811 g/mol. The quantitative estimate of drug-likeness (QED) is 0.129. The minimum atomic E-state index is -3.93. The summed E-state index contributed by atoms with van der Waals surface area (Å²) in [6.45, 7) is -0.0921. The molecule has 0 unspecified atom stereocenters. The van der Waals surface area contributed by atoms with Crippen molar-refractivity contribution < 1.29 is 42.1 Å². The number of nitro groups is 1. The van der Waals surface area contributed by atoms with Gasteiger partial charge in [-0.2, -0.15) is 0 Å². The zero-order valence-electron chi connectivity index (χ0n) is 31.4. The predicted molar refractivity (Wildman–Crippen MR) is 210 cm³/mol. The number of fused-ring (bicyclic) bond motifs is 5. The first-order valence-electron chi connectivity index (χ1n) is 19.4. The number of benzene rings is 3. The molecule has 0 bridgehead atoms. The highest BCUT2D eigenvalue weighted by Crippen LogP contribution is 2.46. The van der Waals surface area contributed by atoms with Crippen molar-refractivity contribution in [3.63, 3.8) is 0 Å². The van der Waals surface area contributed by atoms with Crippen molar-refractivity contribution in [3.05, 3.63) is 106 Å². The molecule has 17 heteroatoms. The lowest BCUT2D eigenvalue weighted by atomic mass is 10.0. The number of ether oxygens (including phenoxy) is 1. The number of hydrogen-bond acceptors (Lipinski definition) is 11. The lowest BCUT2D eigenvalue weighted by Crippen LogP contribution is -2.58. The van der Waals surface area contributed by atoms with Crippen LogP contribution in [0.5, 0.6) is 5.75 Å². The summed E-state index contributed by atoms with van der Waals surface area (Å²) in [5.41, 5.74) is 2.56. The summed E-state index contributed by atoms with van der Waals surface area (Å²) < 4.78 is 33.3. The van der Waals surface area contributed by atoms with Crippen LogP contribution >= 0.6 is 0 Å². The highest BCUT2D eigenvalue weighted by atomic mass is 32.2. The Hall–Kier alpha value is -6.10. The molecule has 3 fully saturated rings. The van der Waals surface area contributed by atoms with Gasteiger partial charge in [-0.05, 0) is 61.8 Å². The van der Waals surface area contributed by atoms with Crippen LogP contribution < -0.4 is 20.1 Å². The maximum Gasteiger partial charge on any atom is 0.413 e. The van der Waals surface area contributed by atoms with Gasteiger partial charge in [0.05, 0.1) is 16.7 Å². The molecule has 8 rings (SSSR count). The van der Waals surface area contributed by atoms with Gasteiger partial charge in [-0.1, -0.05) is 78.7 Å². The first kappa shape index (κ1) is 38.8. The van der Waals surface area contributed by atoms with Crippen LogP contribution in [0.4, 0.5) is 10.5 Å². The maximum absolute atomic E-state index is 14.6. The molecule has 3 aromatic carbocycles. The Morgan fingerprint density at radius 2 is 1.59 bits per heavy atom. The van der Waals surface area contributed by atoms with E-state index in [1.807, 2.05) is 60.7 Å². The summed E-state index contributed by atoms with van der Waals surface area (Å²) in [4.78, 5) is 73.9. The zero-order valence-corrected chi connectivity index (χ0v) is 32.2. The molecular weight excluding hydrogens is 769 g/mol. The molecule has 302 valence electrons. The molecule has 3 N–H and O–H groups in total. The van der Waals surface area contributed by atoms with E-state index in [0.29, 0.717) is 37.8 Å². The van der Waals surface area contributed by atoms with Gasteiger partial charge in [-0.3, -0.25) is 29.2 Å². The van der Waals surface area contributed by atoms with E-state index in [4.69, 9.17) is 9.57 Å². The summed E-state index contributed by atoms with van der Waals surface area (Å²) in [5.74, 6) is -2.54. The van der Waals surface area contributed by atoms with Crippen LogP contribution in [-0.4, -0.2) is 83.3 Å². The van der Waals surface area contributed by atoms with Crippen molar-refractivity contribution >= 4 is 45.2 Å². The molecular formula is C41H42N6O10S. The molecule has 0 aromatic heterocycles. The van der Waals surface area contributed by atoms with Crippen LogP contribution in [-0.2, 0) is 29.2 Å². The Morgan fingerprint density at radius 3 is 2.24 bits per heavy atom. The zero-order chi connectivity index (χ0) is 40.6. The molecule has 5 atom stereocenters. The van der Waals surface area contributed by atoms with E-state index in [1.54, 1.807) is 0 Å². The number of nitro benzene ring substituents is 1. The van der Waals surface area contributed by atoms with Crippen molar-refractivity contribution in [1.82, 2.24) is 20.3 Å². The minimum absolute atomic E-state index is 0.0177. The number of oxime groups is 1. The van der Waals surface area contributed by atoms with Crippen molar-refractivity contribution in [3.8, 4) is 16.9 Å². The van der Waals surface area contributed by atoms with Crippen LogP contribution in [0.3, 0.4) is 0 Å². The summed E-state index contributed by atoms with van der Waals surface area (Å²) in [7, 11) is -3.93. The molecule has 3 aliphatic carbocycles. The SMILES string of the molecule is O=C(N[C@H]1CCCCCC=C[C@@H]2C[C@@]2(C(=O)NS(=O)(=O)C2CC2)NC(=O)[C@@H]2C[C@@H](ON=C3c4ccccc4-c4ccccc43)CN2C1=O)Oc1ccc([N+](=O)[O-])cc1. The fourth-order valence-corrected chi connectivity index (χ4v) is 9.34. The Labute approximate surface area is 334 Å². The van der Waals surface area contributed by atoms with Crippen LogP contribution in [0, 0.1) is 16.0 Å². The Balaban J connectivity index is 1.07. The van der Waals surface area contributed by atoms with Crippen molar-refractivity contribution in [2.24, 2.45) is 11.1 Å². The molecule has 2 saturated carbocycles. The normalized spacial score (nSPS) is 25.4. The monoisotopic (exact) mass is 810 g/mol. The van der Waals surface area contributed by atoms with Crippen molar-refractivity contribution in [2.45, 2.75) is 86.8 Å². The molecule has 2 aliphatic heterocycles. The summed E-state index contributed by atoms with van der Waals surface area (Å²) in [6, 6.07) is 18.1. The number of nitrogens with one attached hydrogen (secondary N) is 3. The Morgan fingerprint density at radius 1 is 0.914 bits per heavy atom. The highest BCUT2D eigenvalue weighted by molar-refractivity contribution is 7.91. The van der Waals surface area contributed by atoms with Gasteiger partial charge in [-0.25, -0.2) is 13.2 Å². The largest absolute Gasteiger partial charge is 0.413 e. The van der Waals surface area contributed by atoms with E-state index in [2.05, 4.69) is 20.5 Å². The van der Waals surface area contributed by atoms with E-state index >= 15 is 0 Å². The molecule has 16 nitrogen and oxygen atoms in total. The number of sulfonamides is 1. The Bertz CT molecular complexity index is 2280.